The second-order valence-corrected chi connectivity index (χ2v) is 9.08. The molecule has 32 heavy (non-hydrogen) atoms. The van der Waals surface area contributed by atoms with Crippen LogP contribution in [-0.2, 0) is 17.7 Å². The highest BCUT2D eigenvalue weighted by molar-refractivity contribution is 5.94. The highest BCUT2D eigenvalue weighted by atomic mass is 19.1. The number of ether oxygens (including phenoxy) is 1. The Morgan fingerprint density at radius 3 is 2.72 bits per heavy atom. The molecule has 6 heteroatoms. The minimum absolute atomic E-state index is 0.303. The Morgan fingerprint density at radius 1 is 1.19 bits per heavy atom. The third-order valence-corrected chi connectivity index (χ3v) is 5.94. The Balaban J connectivity index is 0.000000165. The van der Waals surface area contributed by atoms with Crippen LogP contribution in [0.3, 0.4) is 0 Å². The Kier molecular flexibility index (Phi) is 6.07. The molecular formula is C26H30FN3O2. The van der Waals surface area contributed by atoms with Crippen LogP contribution in [0.4, 0.5) is 4.39 Å². The van der Waals surface area contributed by atoms with Crippen molar-refractivity contribution in [3.8, 4) is 0 Å². The molecule has 168 valence electrons. The van der Waals surface area contributed by atoms with Gasteiger partial charge in [0.25, 0.3) is 0 Å². The molecule has 2 aromatic heterocycles. The summed E-state index contributed by atoms with van der Waals surface area (Å²) in [4.78, 5) is 19.9. The molecule has 0 spiro atoms. The Labute approximate surface area is 187 Å². The van der Waals surface area contributed by atoms with Crippen molar-refractivity contribution in [2.24, 2.45) is 0 Å². The number of para-hydroxylation sites is 1. The molecule has 2 aromatic carbocycles. The summed E-state index contributed by atoms with van der Waals surface area (Å²) in [5, 5.41) is 2.34. The molecule has 1 unspecified atom stereocenters. The van der Waals surface area contributed by atoms with Crippen molar-refractivity contribution in [3.05, 3.63) is 71.5 Å². The van der Waals surface area contributed by atoms with Crippen LogP contribution in [0.1, 0.15) is 42.4 Å². The topological polar surface area (TPSA) is 61.1 Å². The van der Waals surface area contributed by atoms with E-state index < -0.39 is 5.67 Å². The van der Waals surface area contributed by atoms with Crippen LogP contribution in [0.25, 0.3) is 21.8 Å². The summed E-state index contributed by atoms with van der Waals surface area (Å²) < 4.78 is 18.5. The summed E-state index contributed by atoms with van der Waals surface area (Å²) in [6.45, 7) is 6.80. The monoisotopic (exact) mass is 435 g/mol. The van der Waals surface area contributed by atoms with Gasteiger partial charge in [0.1, 0.15) is 5.67 Å². The first-order chi connectivity index (χ1) is 15.2. The molecule has 0 amide bonds. The molecule has 5 nitrogen and oxygen atoms in total. The number of halogens is 1. The number of carbonyl (C=O) groups is 1. The number of aromatic nitrogens is 2. The summed E-state index contributed by atoms with van der Waals surface area (Å²) in [7, 11) is 1.38. The predicted molar refractivity (Wildman–Crippen MR) is 127 cm³/mol. The van der Waals surface area contributed by atoms with Gasteiger partial charge in [-0.2, -0.15) is 0 Å². The number of hydrogen-bond acceptors (Lipinski definition) is 3. The van der Waals surface area contributed by atoms with E-state index in [1.807, 2.05) is 18.3 Å². The van der Waals surface area contributed by atoms with E-state index in [2.05, 4.69) is 50.8 Å². The average Bonchev–Trinajstić information content (AvgIpc) is 3.36. The summed E-state index contributed by atoms with van der Waals surface area (Å²) >= 11 is 0. The summed E-state index contributed by atoms with van der Waals surface area (Å²) in [5.74, 6) is -0.303. The largest absolute Gasteiger partial charge is 0.465 e. The molecule has 1 aliphatic rings. The molecule has 0 bridgehead atoms. The van der Waals surface area contributed by atoms with Crippen LogP contribution in [0.15, 0.2) is 54.7 Å². The minimum atomic E-state index is -1.14. The fourth-order valence-corrected chi connectivity index (χ4v) is 4.40. The fourth-order valence-electron chi connectivity index (χ4n) is 4.40. The van der Waals surface area contributed by atoms with Gasteiger partial charge in [0.05, 0.1) is 12.7 Å². The third kappa shape index (κ3) is 4.70. The van der Waals surface area contributed by atoms with Gasteiger partial charge in [-0.1, -0.05) is 18.2 Å². The number of rotatable bonds is 3. The zero-order valence-corrected chi connectivity index (χ0v) is 19.0. The number of nitrogens with zero attached hydrogens (tertiary/aromatic N) is 1. The number of hydrogen-bond donors (Lipinski definition) is 2. The second-order valence-electron chi connectivity index (χ2n) is 9.08. The number of aromatic amines is 2. The van der Waals surface area contributed by atoms with Crippen molar-refractivity contribution in [2.45, 2.75) is 45.4 Å². The van der Waals surface area contributed by atoms with Gasteiger partial charge in [0.2, 0.25) is 0 Å². The maximum absolute atomic E-state index is 13.9. The molecular weight excluding hydrogens is 405 g/mol. The first-order valence-electron chi connectivity index (χ1n) is 10.9. The molecule has 3 heterocycles. The number of fused-ring (bicyclic) bond motifs is 4. The minimum Gasteiger partial charge on any atom is -0.465 e. The van der Waals surface area contributed by atoms with Crippen LogP contribution in [0.2, 0.25) is 0 Å². The number of methoxy groups -OCH3 is 1. The molecule has 0 aliphatic carbocycles. The molecule has 1 atom stereocenters. The van der Waals surface area contributed by atoms with Gasteiger partial charge < -0.3 is 14.7 Å². The lowest BCUT2D eigenvalue weighted by Gasteiger charge is -2.36. The first-order valence-corrected chi connectivity index (χ1v) is 10.9. The van der Waals surface area contributed by atoms with Gasteiger partial charge in [-0.3, -0.25) is 4.90 Å². The second kappa shape index (κ2) is 8.79. The van der Waals surface area contributed by atoms with Crippen molar-refractivity contribution in [1.82, 2.24) is 14.9 Å². The summed E-state index contributed by atoms with van der Waals surface area (Å²) in [5.41, 5.74) is 4.32. The van der Waals surface area contributed by atoms with E-state index in [0.717, 1.165) is 23.9 Å². The lowest BCUT2D eigenvalue weighted by Crippen LogP contribution is -2.44. The standard InChI is InChI=1S/C16H21FN2.C10H9NO2/c1-11-8-13-12-6-4-5-7-14(12)18-15(13)9-19(11)10-16(2,3)17;1-13-10(12)8-2-3-9-7(6-8)4-5-11-9/h4-7,11,18H,8-10H2,1-3H3;2-6,11H,1H3. The maximum Gasteiger partial charge on any atom is 0.337 e. The lowest BCUT2D eigenvalue weighted by atomic mass is 9.96. The van der Waals surface area contributed by atoms with Crippen LogP contribution in [0, 0.1) is 0 Å². The molecule has 4 aromatic rings. The Bertz CT molecular complexity index is 1230. The zero-order chi connectivity index (χ0) is 22.9. The quantitative estimate of drug-likeness (QED) is 0.411. The van der Waals surface area contributed by atoms with Crippen molar-refractivity contribution in [1.29, 1.82) is 0 Å². The average molecular weight is 436 g/mol. The van der Waals surface area contributed by atoms with E-state index in [9.17, 15) is 9.18 Å². The van der Waals surface area contributed by atoms with Crippen LogP contribution in [-0.4, -0.2) is 46.2 Å². The van der Waals surface area contributed by atoms with Gasteiger partial charge in [-0.05, 0) is 63.1 Å². The van der Waals surface area contributed by atoms with E-state index in [1.54, 1.807) is 26.0 Å². The van der Waals surface area contributed by atoms with E-state index in [0.29, 0.717) is 18.2 Å². The van der Waals surface area contributed by atoms with E-state index >= 15 is 0 Å². The molecule has 1 aliphatic heterocycles. The van der Waals surface area contributed by atoms with Crippen molar-refractivity contribution in [3.63, 3.8) is 0 Å². The van der Waals surface area contributed by atoms with E-state index in [4.69, 9.17) is 0 Å². The molecule has 0 radical (unpaired) electrons. The maximum atomic E-state index is 13.9. The number of esters is 1. The van der Waals surface area contributed by atoms with Crippen LogP contribution < -0.4 is 0 Å². The van der Waals surface area contributed by atoms with Gasteiger partial charge in [-0.15, -0.1) is 0 Å². The van der Waals surface area contributed by atoms with Gasteiger partial charge in [0, 0.05) is 52.8 Å². The summed E-state index contributed by atoms with van der Waals surface area (Å²) in [6.07, 6.45) is 2.83. The van der Waals surface area contributed by atoms with Crippen LogP contribution in [0.5, 0.6) is 0 Å². The van der Waals surface area contributed by atoms with Gasteiger partial charge in [0.15, 0.2) is 0 Å². The zero-order valence-electron chi connectivity index (χ0n) is 19.0. The third-order valence-electron chi connectivity index (χ3n) is 5.94. The molecule has 0 fully saturated rings. The smallest absolute Gasteiger partial charge is 0.337 e. The highest BCUT2D eigenvalue weighted by Gasteiger charge is 2.30. The number of nitrogens with one attached hydrogen (secondary N) is 2. The number of H-pyrrole nitrogens is 2. The van der Waals surface area contributed by atoms with Crippen molar-refractivity contribution < 1.29 is 13.9 Å². The summed E-state index contributed by atoms with van der Waals surface area (Å²) in [6, 6.07) is 16.1. The normalized spacial score (nSPS) is 16.5. The lowest BCUT2D eigenvalue weighted by molar-refractivity contribution is 0.0601. The fraction of sp³-hybridized carbons (Fsp3) is 0.346. The van der Waals surface area contributed by atoms with Crippen molar-refractivity contribution in [2.75, 3.05) is 13.7 Å². The number of carbonyl (C=O) groups excluding carboxylic acids is 1. The van der Waals surface area contributed by atoms with Crippen molar-refractivity contribution >= 4 is 27.8 Å². The Morgan fingerprint density at radius 2 is 1.97 bits per heavy atom. The molecule has 5 rings (SSSR count). The van der Waals surface area contributed by atoms with E-state index in [-0.39, 0.29) is 5.97 Å². The molecule has 0 saturated heterocycles. The number of alkyl halides is 1. The first kappa shape index (κ1) is 22.1. The predicted octanol–water partition coefficient (Wildman–Crippen LogP) is 5.62. The molecule has 2 N–H and O–H groups in total. The van der Waals surface area contributed by atoms with Gasteiger partial charge >= 0.3 is 5.97 Å². The number of benzene rings is 2. The Hall–Kier alpha value is -3.12. The SMILES string of the molecule is CC1Cc2c([nH]c3ccccc23)CN1CC(C)(C)F.COC(=O)c1ccc2[nH]ccc2c1. The van der Waals surface area contributed by atoms with Crippen LogP contribution >= 0.6 is 0 Å². The highest BCUT2D eigenvalue weighted by Crippen LogP contribution is 2.31. The van der Waals surface area contributed by atoms with Gasteiger partial charge in [-0.25, -0.2) is 9.18 Å². The van der Waals surface area contributed by atoms with E-state index in [1.165, 1.54) is 29.3 Å². The molecule has 0 saturated carbocycles.